The van der Waals surface area contributed by atoms with Crippen LogP contribution in [0.4, 0.5) is 0 Å². The fraction of sp³-hybridized carbons (Fsp3) is 0.583. The SMILES string of the molecule is CC(CC#N)N(C)C(C)Cc1cccs1. The summed E-state index contributed by atoms with van der Waals surface area (Å²) in [6.45, 7) is 4.32. The third kappa shape index (κ3) is 3.65. The molecule has 0 spiro atoms. The van der Waals surface area contributed by atoms with E-state index in [0.29, 0.717) is 18.5 Å². The quantitative estimate of drug-likeness (QED) is 0.766. The van der Waals surface area contributed by atoms with E-state index < -0.39 is 0 Å². The minimum Gasteiger partial charge on any atom is -0.300 e. The molecule has 0 N–H and O–H groups in total. The lowest BCUT2D eigenvalue weighted by Gasteiger charge is -2.29. The second kappa shape index (κ2) is 5.89. The molecular formula is C12H18N2S. The van der Waals surface area contributed by atoms with Crippen LogP contribution in [0.3, 0.4) is 0 Å². The van der Waals surface area contributed by atoms with Gasteiger partial charge in [-0.05, 0) is 38.8 Å². The van der Waals surface area contributed by atoms with Crippen LogP contribution in [0.5, 0.6) is 0 Å². The Bertz CT molecular complexity index is 313. The molecule has 0 bridgehead atoms. The van der Waals surface area contributed by atoms with Gasteiger partial charge >= 0.3 is 0 Å². The maximum atomic E-state index is 8.65. The van der Waals surface area contributed by atoms with Crippen molar-refractivity contribution in [3.63, 3.8) is 0 Å². The van der Waals surface area contributed by atoms with Crippen molar-refractivity contribution in [3.05, 3.63) is 22.4 Å². The molecule has 0 fully saturated rings. The highest BCUT2D eigenvalue weighted by molar-refractivity contribution is 7.09. The standard InChI is InChI=1S/C12H18N2S/c1-10(6-7-13)14(3)11(2)9-12-5-4-8-15-12/h4-5,8,10-11H,6,9H2,1-3H3. The van der Waals surface area contributed by atoms with Crippen LogP contribution in [-0.2, 0) is 6.42 Å². The smallest absolute Gasteiger partial charge is 0.0638 e. The summed E-state index contributed by atoms with van der Waals surface area (Å²) in [5, 5.41) is 10.8. The van der Waals surface area contributed by atoms with E-state index in [9.17, 15) is 0 Å². The van der Waals surface area contributed by atoms with Gasteiger partial charge in [-0.2, -0.15) is 5.26 Å². The number of nitriles is 1. The maximum absolute atomic E-state index is 8.65. The van der Waals surface area contributed by atoms with Crippen LogP contribution in [0.15, 0.2) is 17.5 Å². The zero-order valence-corrected chi connectivity index (χ0v) is 10.4. The summed E-state index contributed by atoms with van der Waals surface area (Å²) in [4.78, 5) is 3.70. The van der Waals surface area contributed by atoms with Crippen molar-refractivity contribution in [2.75, 3.05) is 7.05 Å². The summed E-state index contributed by atoms with van der Waals surface area (Å²) in [6.07, 6.45) is 1.68. The molecular weight excluding hydrogens is 204 g/mol. The molecule has 1 aromatic rings. The molecule has 0 radical (unpaired) electrons. The first-order valence-corrected chi connectivity index (χ1v) is 6.14. The van der Waals surface area contributed by atoms with Crippen molar-refractivity contribution in [3.8, 4) is 6.07 Å². The largest absolute Gasteiger partial charge is 0.300 e. The zero-order valence-electron chi connectivity index (χ0n) is 9.60. The molecule has 0 amide bonds. The van der Waals surface area contributed by atoms with Crippen molar-refractivity contribution < 1.29 is 0 Å². The first-order chi connectivity index (χ1) is 7.15. The van der Waals surface area contributed by atoms with E-state index >= 15 is 0 Å². The second-order valence-corrected chi connectivity index (χ2v) is 5.04. The lowest BCUT2D eigenvalue weighted by atomic mass is 10.1. The predicted octanol–water partition coefficient (Wildman–Crippen LogP) is 2.91. The molecule has 0 aliphatic rings. The molecule has 0 aliphatic heterocycles. The molecule has 1 aromatic heterocycles. The van der Waals surface area contributed by atoms with Crippen LogP contribution >= 0.6 is 11.3 Å². The first-order valence-electron chi connectivity index (χ1n) is 5.26. The highest BCUT2D eigenvalue weighted by Crippen LogP contribution is 2.15. The van der Waals surface area contributed by atoms with Gasteiger partial charge in [0, 0.05) is 17.0 Å². The van der Waals surface area contributed by atoms with E-state index in [1.54, 1.807) is 11.3 Å². The normalized spacial score (nSPS) is 14.9. The summed E-state index contributed by atoms with van der Waals surface area (Å²) in [5.41, 5.74) is 0. The zero-order chi connectivity index (χ0) is 11.3. The molecule has 0 saturated carbocycles. The van der Waals surface area contributed by atoms with Crippen LogP contribution in [0.25, 0.3) is 0 Å². The topological polar surface area (TPSA) is 27.0 Å². The van der Waals surface area contributed by atoms with E-state index in [4.69, 9.17) is 5.26 Å². The van der Waals surface area contributed by atoms with Crippen LogP contribution < -0.4 is 0 Å². The fourth-order valence-electron chi connectivity index (χ4n) is 1.57. The number of thiophene rings is 1. The van der Waals surface area contributed by atoms with Crippen molar-refractivity contribution in [2.24, 2.45) is 0 Å². The summed E-state index contributed by atoms with van der Waals surface area (Å²) in [6, 6.07) is 7.31. The molecule has 0 aliphatic carbocycles. The van der Waals surface area contributed by atoms with Crippen molar-refractivity contribution >= 4 is 11.3 Å². The average Bonchev–Trinajstić information content (AvgIpc) is 2.69. The van der Waals surface area contributed by atoms with Crippen molar-refractivity contribution in [1.82, 2.24) is 4.90 Å². The number of likely N-dealkylation sites (N-methyl/N-ethyl adjacent to an activating group) is 1. The summed E-state index contributed by atoms with van der Waals surface area (Å²) < 4.78 is 0. The summed E-state index contributed by atoms with van der Waals surface area (Å²) >= 11 is 1.80. The third-order valence-corrected chi connectivity index (χ3v) is 3.75. The fourth-order valence-corrected chi connectivity index (χ4v) is 2.40. The number of nitrogens with zero attached hydrogens (tertiary/aromatic N) is 2. The van der Waals surface area contributed by atoms with Gasteiger partial charge in [0.2, 0.25) is 0 Å². The number of rotatable bonds is 5. The predicted molar refractivity (Wildman–Crippen MR) is 64.9 cm³/mol. The highest BCUT2D eigenvalue weighted by Gasteiger charge is 2.15. The first kappa shape index (κ1) is 12.2. The molecule has 2 atom stereocenters. The van der Waals surface area contributed by atoms with Crippen LogP contribution in [0.2, 0.25) is 0 Å². The Morgan fingerprint density at radius 1 is 1.47 bits per heavy atom. The van der Waals surface area contributed by atoms with Gasteiger partial charge in [0.1, 0.15) is 0 Å². The molecule has 0 aromatic carbocycles. The number of hydrogen-bond acceptors (Lipinski definition) is 3. The lowest BCUT2D eigenvalue weighted by Crippen LogP contribution is -2.37. The van der Waals surface area contributed by atoms with Gasteiger partial charge in [0.15, 0.2) is 0 Å². The molecule has 3 heteroatoms. The van der Waals surface area contributed by atoms with Gasteiger partial charge < -0.3 is 0 Å². The molecule has 82 valence electrons. The highest BCUT2D eigenvalue weighted by atomic mass is 32.1. The Balaban J connectivity index is 2.46. The van der Waals surface area contributed by atoms with E-state index in [0.717, 1.165) is 6.42 Å². The van der Waals surface area contributed by atoms with Gasteiger partial charge in [-0.1, -0.05) is 6.07 Å². The van der Waals surface area contributed by atoms with Gasteiger partial charge in [0.05, 0.1) is 12.5 Å². The minimum absolute atomic E-state index is 0.338. The van der Waals surface area contributed by atoms with Crippen LogP contribution in [0, 0.1) is 11.3 Å². The number of hydrogen-bond donors (Lipinski definition) is 0. The third-order valence-electron chi connectivity index (χ3n) is 2.85. The van der Waals surface area contributed by atoms with Gasteiger partial charge in [-0.15, -0.1) is 11.3 Å². The van der Waals surface area contributed by atoms with Gasteiger partial charge in [-0.3, -0.25) is 4.90 Å². The summed E-state index contributed by atoms with van der Waals surface area (Å²) in [7, 11) is 2.10. The van der Waals surface area contributed by atoms with E-state index in [2.05, 4.69) is 49.4 Å². The molecule has 1 rings (SSSR count). The van der Waals surface area contributed by atoms with Crippen LogP contribution in [0.1, 0.15) is 25.1 Å². The lowest BCUT2D eigenvalue weighted by molar-refractivity contribution is 0.197. The molecule has 1 heterocycles. The van der Waals surface area contributed by atoms with E-state index in [1.807, 2.05) is 0 Å². The Hall–Kier alpha value is -0.850. The summed E-state index contributed by atoms with van der Waals surface area (Å²) in [5.74, 6) is 0. The second-order valence-electron chi connectivity index (χ2n) is 4.01. The molecule has 15 heavy (non-hydrogen) atoms. The van der Waals surface area contributed by atoms with E-state index in [-0.39, 0.29) is 0 Å². The minimum atomic E-state index is 0.338. The van der Waals surface area contributed by atoms with E-state index in [1.165, 1.54) is 4.88 Å². The Kier molecular flexibility index (Phi) is 4.80. The van der Waals surface area contributed by atoms with Crippen molar-refractivity contribution in [1.29, 1.82) is 5.26 Å². The Morgan fingerprint density at radius 2 is 2.20 bits per heavy atom. The molecule has 0 saturated heterocycles. The Labute approximate surface area is 96.1 Å². The van der Waals surface area contributed by atoms with Crippen molar-refractivity contribution in [2.45, 2.75) is 38.8 Å². The van der Waals surface area contributed by atoms with Crippen LogP contribution in [-0.4, -0.2) is 24.0 Å². The van der Waals surface area contributed by atoms with Gasteiger partial charge in [0.25, 0.3) is 0 Å². The average molecular weight is 222 g/mol. The van der Waals surface area contributed by atoms with Gasteiger partial charge in [-0.25, -0.2) is 0 Å². The molecule has 2 nitrogen and oxygen atoms in total. The molecule has 2 unspecified atom stereocenters. The Morgan fingerprint density at radius 3 is 2.73 bits per heavy atom. The monoisotopic (exact) mass is 222 g/mol. The maximum Gasteiger partial charge on any atom is 0.0638 e.